The van der Waals surface area contributed by atoms with Crippen molar-refractivity contribution in [3.05, 3.63) is 28.2 Å². The SMILES string of the molecule is COCC(CNC(C)C)Oc1cccc(Cl)c1Cl. The molecule has 0 aliphatic heterocycles. The molecule has 0 aliphatic rings. The molecule has 1 unspecified atom stereocenters. The Labute approximate surface area is 118 Å². The second-order valence-corrected chi connectivity index (χ2v) is 5.10. The minimum atomic E-state index is -0.103. The molecule has 1 N–H and O–H groups in total. The second-order valence-electron chi connectivity index (χ2n) is 4.31. The monoisotopic (exact) mass is 291 g/mol. The summed E-state index contributed by atoms with van der Waals surface area (Å²) in [6.07, 6.45) is -0.103. The maximum Gasteiger partial charge on any atom is 0.140 e. The van der Waals surface area contributed by atoms with Crippen molar-refractivity contribution in [2.75, 3.05) is 20.3 Å². The lowest BCUT2D eigenvalue weighted by Crippen LogP contribution is -2.38. The van der Waals surface area contributed by atoms with Crippen LogP contribution in [0.2, 0.25) is 10.0 Å². The van der Waals surface area contributed by atoms with Crippen LogP contribution < -0.4 is 10.1 Å². The van der Waals surface area contributed by atoms with Crippen molar-refractivity contribution in [3.63, 3.8) is 0 Å². The van der Waals surface area contributed by atoms with Crippen LogP contribution in [0.3, 0.4) is 0 Å². The number of halogens is 2. The largest absolute Gasteiger partial charge is 0.485 e. The molecule has 5 heteroatoms. The van der Waals surface area contributed by atoms with Gasteiger partial charge in [0.05, 0.1) is 11.6 Å². The molecule has 102 valence electrons. The number of methoxy groups -OCH3 is 1. The highest BCUT2D eigenvalue weighted by atomic mass is 35.5. The highest BCUT2D eigenvalue weighted by Crippen LogP contribution is 2.32. The highest BCUT2D eigenvalue weighted by molar-refractivity contribution is 6.42. The topological polar surface area (TPSA) is 30.5 Å². The van der Waals surface area contributed by atoms with Crippen LogP contribution >= 0.6 is 23.2 Å². The number of hydrogen-bond donors (Lipinski definition) is 1. The van der Waals surface area contributed by atoms with E-state index in [1.165, 1.54) is 0 Å². The van der Waals surface area contributed by atoms with E-state index < -0.39 is 0 Å². The lowest BCUT2D eigenvalue weighted by molar-refractivity contribution is 0.0795. The van der Waals surface area contributed by atoms with E-state index in [0.29, 0.717) is 35.0 Å². The van der Waals surface area contributed by atoms with Gasteiger partial charge in [0.15, 0.2) is 0 Å². The summed E-state index contributed by atoms with van der Waals surface area (Å²) < 4.78 is 11.0. The Morgan fingerprint density at radius 3 is 2.61 bits per heavy atom. The van der Waals surface area contributed by atoms with Gasteiger partial charge < -0.3 is 14.8 Å². The predicted octanol–water partition coefficient (Wildman–Crippen LogP) is 3.39. The van der Waals surface area contributed by atoms with Gasteiger partial charge in [0.1, 0.15) is 16.9 Å². The zero-order chi connectivity index (χ0) is 13.5. The molecule has 0 aliphatic carbocycles. The van der Waals surface area contributed by atoms with Gasteiger partial charge in [-0.15, -0.1) is 0 Å². The highest BCUT2D eigenvalue weighted by Gasteiger charge is 2.14. The Morgan fingerprint density at radius 2 is 2.00 bits per heavy atom. The van der Waals surface area contributed by atoms with Crippen LogP contribution in [0.1, 0.15) is 13.8 Å². The van der Waals surface area contributed by atoms with E-state index in [0.717, 1.165) is 0 Å². The maximum atomic E-state index is 6.08. The van der Waals surface area contributed by atoms with Crippen molar-refractivity contribution in [1.29, 1.82) is 0 Å². The molecule has 0 bridgehead atoms. The standard InChI is InChI=1S/C13H19Cl2NO2/c1-9(2)16-7-10(8-17-3)18-12-6-4-5-11(14)13(12)15/h4-6,9-10,16H,7-8H2,1-3H3. The fourth-order valence-corrected chi connectivity index (χ4v) is 1.78. The fourth-order valence-electron chi connectivity index (χ4n) is 1.44. The maximum absolute atomic E-state index is 6.08. The van der Waals surface area contributed by atoms with Crippen LogP contribution in [0, 0.1) is 0 Å². The third kappa shape index (κ3) is 5.02. The van der Waals surface area contributed by atoms with Crippen molar-refractivity contribution in [2.45, 2.75) is 26.0 Å². The van der Waals surface area contributed by atoms with E-state index in [9.17, 15) is 0 Å². The van der Waals surface area contributed by atoms with Gasteiger partial charge in [0, 0.05) is 19.7 Å². The Balaban J connectivity index is 2.67. The summed E-state index contributed by atoms with van der Waals surface area (Å²) in [6, 6.07) is 5.73. The Kier molecular flexibility index (Phi) is 6.79. The predicted molar refractivity (Wildman–Crippen MR) is 75.9 cm³/mol. The van der Waals surface area contributed by atoms with Gasteiger partial charge in [-0.25, -0.2) is 0 Å². The molecule has 0 radical (unpaired) electrons. The summed E-state index contributed by atoms with van der Waals surface area (Å²) in [4.78, 5) is 0. The van der Waals surface area contributed by atoms with Crippen molar-refractivity contribution < 1.29 is 9.47 Å². The summed E-state index contributed by atoms with van der Waals surface area (Å²) in [5.74, 6) is 0.580. The van der Waals surface area contributed by atoms with Crippen LogP contribution in [0.15, 0.2) is 18.2 Å². The van der Waals surface area contributed by atoms with Crippen molar-refractivity contribution in [3.8, 4) is 5.75 Å². The van der Waals surface area contributed by atoms with Gasteiger partial charge in [-0.05, 0) is 12.1 Å². The van der Waals surface area contributed by atoms with Crippen molar-refractivity contribution in [1.82, 2.24) is 5.32 Å². The van der Waals surface area contributed by atoms with E-state index in [4.69, 9.17) is 32.7 Å². The minimum absolute atomic E-state index is 0.103. The molecular formula is C13H19Cl2NO2. The molecule has 0 saturated heterocycles. The molecule has 0 saturated carbocycles. The quantitative estimate of drug-likeness (QED) is 0.835. The molecular weight excluding hydrogens is 273 g/mol. The normalized spacial score (nSPS) is 12.8. The molecule has 1 rings (SSSR count). The van der Waals surface area contributed by atoms with Gasteiger partial charge in [0.25, 0.3) is 0 Å². The van der Waals surface area contributed by atoms with Gasteiger partial charge >= 0.3 is 0 Å². The van der Waals surface area contributed by atoms with Gasteiger partial charge in [-0.2, -0.15) is 0 Å². The summed E-state index contributed by atoms with van der Waals surface area (Å²) >= 11 is 12.0. The molecule has 3 nitrogen and oxygen atoms in total. The Morgan fingerprint density at radius 1 is 1.28 bits per heavy atom. The van der Waals surface area contributed by atoms with Crippen LogP contribution in [0.25, 0.3) is 0 Å². The van der Waals surface area contributed by atoms with Crippen molar-refractivity contribution >= 4 is 23.2 Å². The Hall–Kier alpha value is -0.480. The van der Waals surface area contributed by atoms with Crippen molar-refractivity contribution in [2.24, 2.45) is 0 Å². The van der Waals surface area contributed by atoms with Gasteiger partial charge in [-0.1, -0.05) is 43.1 Å². The first-order valence-corrected chi connectivity index (χ1v) is 6.63. The van der Waals surface area contributed by atoms with E-state index in [1.54, 1.807) is 19.2 Å². The average Bonchev–Trinajstić information content (AvgIpc) is 2.32. The lowest BCUT2D eigenvalue weighted by atomic mass is 10.3. The molecule has 0 spiro atoms. The third-order valence-electron chi connectivity index (χ3n) is 2.32. The van der Waals surface area contributed by atoms with Crippen LogP contribution in [0.4, 0.5) is 0 Å². The fraction of sp³-hybridized carbons (Fsp3) is 0.538. The van der Waals surface area contributed by atoms with E-state index >= 15 is 0 Å². The van der Waals surface area contributed by atoms with E-state index in [-0.39, 0.29) is 6.10 Å². The number of nitrogens with one attached hydrogen (secondary N) is 1. The van der Waals surface area contributed by atoms with Gasteiger partial charge in [0.2, 0.25) is 0 Å². The van der Waals surface area contributed by atoms with Gasteiger partial charge in [-0.3, -0.25) is 0 Å². The molecule has 0 aromatic heterocycles. The first-order chi connectivity index (χ1) is 8.54. The minimum Gasteiger partial charge on any atom is -0.485 e. The smallest absolute Gasteiger partial charge is 0.140 e. The zero-order valence-corrected chi connectivity index (χ0v) is 12.4. The van der Waals surface area contributed by atoms with Crippen LogP contribution in [-0.2, 0) is 4.74 Å². The van der Waals surface area contributed by atoms with Crippen LogP contribution in [-0.4, -0.2) is 32.4 Å². The van der Waals surface area contributed by atoms with Crippen LogP contribution in [0.5, 0.6) is 5.75 Å². The summed E-state index contributed by atoms with van der Waals surface area (Å²) in [5, 5.41) is 4.23. The Bertz CT molecular complexity index is 372. The molecule has 1 atom stereocenters. The summed E-state index contributed by atoms with van der Waals surface area (Å²) in [6.45, 7) is 5.34. The van der Waals surface area contributed by atoms with E-state index in [1.807, 2.05) is 6.07 Å². The number of rotatable bonds is 7. The second kappa shape index (κ2) is 7.85. The molecule has 0 amide bonds. The molecule has 0 heterocycles. The zero-order valence-electron chi connectivity index (χ0n) is 10.9. The summed E-state index contributed by atoms with van der Waals surface area (Å²) in [7, 11) is 1.64. The number of benzene rings is 1. The summed E-state index contributed by atoms with van der Waals surface area (Å²) in [5.41, 5.74) is 0. The average molecular weight is 292 g/mol. The first-order valence-electron chi connectivity index (χ1n) is 5.87. The van der Waals surface area contributed by atoms with E-state index in [2.05, 4.69) is 19.2 Å². The molecule has 0 fully saturated rings. The molecule has 1 aromatic rings. The molecule has 1 aromatic carbocycles. The number of ether oxygens (including phenoxy) is 2. The third-order valence-corrected chi connectivity index (χ3v) is 3.12. The number of hydrogen-bond acceptors (Lipinski definition) is 3. The lowest BCUT2D eigenvalue weighted by Gasteiger charge is -2.21. The first kappa shape index (κ1) is 15.6. The molecule has 18 heavy (non-hydrogen) atoms.